The van der Waals surface area contributed by atoms with Crippen LogP contribution < -0.4 is 25.9 Å². The first kappa shape index (κ1) is 32.1. The first-order valence-corrected chi connectivity index (χ1v) is 20.5. The summed E-state index contributed by atoms with van der Waals surface area (Å²) in [6.45, 7) is -0.0516. The molecule has 3 aromatic heterocycles. The number of aromatic nitrogens is 3. The Balaban J connectivity index is 1.01. The molecule has 2 aliphatic rings. The van der Waals surface area contributed by atoms with Crippen molar-refractivity contribution < 1.29 is 9.47 Å². The average Bonchev–Trinajstić information content (AvgIpc) is 3.95. The summed E-state index contributed by atoms with van der Waals surface area (Å²) in [5.74, 6) is 3.35. The Hall–Kier alpha value is -7.96. The van der Waals surface area contributed by atoms with Crippen LogP contribution in [-0.4, -0.2) is 20.4 Å². The Morgan fingerprint density at radius 2 is 0.833 bits per heavy atom. The molecular formula is C54H32BN3O2. The van der Waals surface area contributed by atoms with Crippen molar-refractivity contribution in [2.75, 3.05) is 0 Å². The lowest BCUT2D eigenvalue weighted by molar-refractivity contribution is 0.464. The van der Waals surface area contributed by atoms with Crippen LogP contribution in [0, 0.1) is 0 Å². The largest absolute Gasteiger partial charge is 0.458 e. The van der Waals surface area contributed by atoms with E-state index in [2.05, 4.69) is 208 Å². The van der Waals surface area contributed by atoms with E-state index in [1.54, 1.807) is 0 Å². The predicted octanol–water partition coefficient (Wildman–Crippen LogP) is 11.7. The smallest absolute Gasteiger partial charge is 0.260 e. The van der Waals surface area contributed by atoms with Gasteiger partial charge in [-0.15, -0.1) is 0 Å². The molecule has 0 amide bonds. The van der Waals surface area contributed by atoms with Gasteiger partial charge in [0.2, 0.25) is 0 Å². The van der Waals surface area contributed by atoms with Crippen molar-refractivity contribution in [3.8, 4) is 40.1 Å². The highest BCUT2D eigenvalue weighted by molar-refractivity contribution is 6.98. The number of benzene rings is 9. The molecule has 0 spiro atoms. The van der Waals surface area contributed by atoms with Crippen LogP contribution in [0.3, 0.4) is 0 Å². The Kier molecular flexibility index (Phi) is 6.31. The van der Waals surface area contributed by atoms with Crippen LogP contribution in [0.1, 0.15) is 0 Å². The summed E-state index contributed by atoms with van der Waals surface area (Å²) in [6.07, 6.45) is 0. The second-order valence-electron chi connectivity index (χ2n) is 16.0. The van der Waals surface area contributed by atoms with E-state index in [0.29, 0.717) is 0 Å². The van der Waals surface area contributed by atoms with E-state index in [-0.39, 0.29) is 6.71 Å². The molecule has 6 heteroatoms. The van der Waals surface area contributed by atoms with Crippen LogP contribution in [0.2, 0.25) is 0 Å². The van der Waals surface area contributed by atoms with Gasteiger partial charge >= 0.3 is 0 Å². The highest BCUT2D eigenvalue weighted by Gasteiger charge is 2.41. The summed E-state index contributed by atoms with van der Waals surface area (Å²) >= 11 is 0. The molecule has 0 N–H and O–H groups in total. The van der Waals surface area contributed by atoms with Crippen LogP contribution in [0.4, 0.5) is 0 Å². The molecule has 0 aliphatic carbocycles. The van der Waals surface area contributed by atoms with Gasteiger partial charge in [-0.3, -0.25) is 0 Å². The van der Waals surface area contributed by atoms with Gasteiger partial charge in [0.25, 0.3) is 6.71 Å². The van der Waals surface area contributed by atoms with Crippen molar-refractivity contribution in [2.45, 2.75) is 0 Å². The molecule has 0 fully saturated rings. The third kappa shape index (κ3) is 4.21. The molecule has 0 radical (unpaired) electrons. The molecule has 0 atom stereocenters. The first-order valence-electron chi connectivity index (χ1n) is 20.5. The van der Waals surface area contributed by atoms with Gasteiger partial charge in [-0.1, -0.05) is 121 Å². The molecule has 2 aliphatic heterocycles. The summed E-state index contributed by atoms with van der Waals surface area (Å²) in [4.78, 5) is 0. The van der Waals surface area contributed by atoms with Crippen LogP contribution in [0.25, 0.3) is 82.5 Å². The monoisotopic (exact) mass is 765 g/mol. The molecule has 5 heterocycles. The van der Waals surface area contributed by atoms with Gasteiger partial charge in [-0.2, -0.15) is 0 Å². The van der Waals surface area contributed by atoms with Crippen molar-refractivity contribution in [3.05, 3.63) is 194 Å². The molecule has 0 unspecified atom stereocenters. The highest BCUT2D eigenvalue weighted by Crippen LogP contribution is 2.44. The molecule has 5 nitrogen and oxygen atoms in total. The fourth-order valence-corrected chi connectivity index (χ4v) is 10.5. The van der Waals surface area contributed by atoms with E-state index in [9.17, 15) is 0 Å². The van der Waals surface area contributed by atoms with E-state index in [1.165, 1.54) is 43.4 Å². The van der Waals surface area contributed by atoms with Crippen LogP contribution in [-0.2, 0) is 0 Å². The molecule has 60 heavy (non-hydrogen) atoms. The Bertz CT molecular complexity index is 3750. The third-order valence-electron chi connectivity index (χ3n) is 12.9. The standard InChI is InChI=1S/C54H32BN3O2/c1-2-14-33(15-3-1)58-45-23-11-6-18-38(45)39-27-29-47-52(54(39)58)40-19-7-12-24-46(40)56(47)34-26-28-42-49(30-34)60-51-32-35(31-50-53(51)55(42)41-20-8-13-25-48(41)59-50)57-43-21-9-4-16-36(43)37-17-5-10-22-44(37)57/h1-32H. The summed E-state index contributed by atoms with van der Waals surface area (Å²) in [7, 11) is 0. The molecule has 0 saturated carbocycles. The van der Waals surface area contributed by atoms with Crippen molar-refractivity contribution in [2.24, 2.45) is 0 Å². The molecular weight excluding hydrogens is 733 g/mol. The third-order valence-corrected chi connectivity index (χ3v) is 12.9. The van der Waals surface area contributed by atoms with Gasteiger partial charge in [0.15, 0.2) is 0 Å². The zero-order chi connectivity index (χ0) is 39.1. The number of fused-ring (bicyclic) bond motifs is 14. The van der Waals surface area contributed by atoms with Crippen LogP contribution >= 0.6 is 0 Å². The molecule has 0 saturated heterocycles. The summed E-state index contributed by atoms with van der Waals surface area (Å²) in [5.41, 5.74) is 13.5. The van der Waals surface area contributed by atoms with Crippen LogP contribution in [0.15, 0.2) is 194 Å². The quantitative estimate of drug-likeness (QED) is 0.168. The van der Waals surface area contributed by atoms with Gasteiger partial charge in [0.1, 0.15) is 23.0 Å². The maximum Gasteiger partial charge on any atom is 0.260 e. The zero-order valence-corrected chi connectivity index (χ0v) is 32.2. The van der Waals surface area contributed by atoms with Crippen molar-refractivity contribution in [1.29, 1.82) is 0 Å². The van der Waals surface area contributed by atoms with E-state index < -0.39 is 0 Å². The Morgan fingerprint density at radius 1 is 0.317 bits per heavy atom. The maximum absolute atomic E-state index is 7.14. The van der Waals surface area contributed by atoms with Gasteiger partial charge in [0, 0.05) is 67.4 Å². The van der Waals surface area contributed by atoms with Crippen molar-refractivity contribution in [1.82, 2.24) is 13.7 Å². The van der Waals surface area contributed by atoms with E-state index >= 15 is 0 Å². The minimum Gasteiger partial charge on any atom is -0.458 e. The molecule has 0 bridgehead atoms. The molecule has 9 aromatic carbocycles. The van der Waals surface area contributed by atoms with Gasteiger partial charge in [0.05, 0.1) is 38.8 Å². The first-order chi connectivity index (χ1) is 29.8. The van der Waals surface area contributed by atoms with Gasteiger partial charge in [-0.05, 0) is 65.5 Å². The number of rotatable bonds is 3. The second-order valence-corrected chi connectivity index (χ2v) is 16.0. The zero-order valence-electron chi connectivity index (χ0n) is 32.2. The maximum atomic E-state index is 7.14. The Labute approximate surface area is 344 Å². The lowest BCUT2D eigenvalue weighted by atomic mass is 9.35. The topological polar surface area (TPSA) is 33.2 Å². The minimum atomic E-state index is -0.0516. The number of ether oxygens (including phenoxy) is 2. The number of para-hydroxylation sites is 6. The van der Waals surface area contributed by atoms with Gasteiger partial charge in [-0.25, -0.2) is 0 Å². The van der Waals surface area contributed by atoms with Crippen molar-refractivity contribution >= 4 is 88.5 Å². The van der Waals surface area contributed by atoms with E-state index in [1.807, 2.05) is 0 Å². The number of hydrogen-bond acceptors (Lipinski definition) is 2. The fourth-order valence-electron chi connectivity index (χ4n) is 10.5. The highest BCUT2D eigenvalue weighted by atomic mass is 16.5. The SMILES string of the molecule is c1ccc(-n2c3ccccc3c3ccc4c(c5ccccc5n4-c4ccc5c(c4)Oc4cc(-n6c7ccccc7c7ccccc76)cc6c4B5c4ccccc4O6)c32)cc1. The lowest BCUT2D eigenvalue weighted by Crippen LogP contribution is -2.57. The Morgan fingerprint density at radius 3 is 1.55 bits per heavy atom. The fraction of sp³-hybridized carbons (Fsp3) is 0. The predicted molar refractivity (Wildman–Crippen MR) is 247 cm³/mol. The summed E-state index contributed by atoms with van der Waals surface area (Å²) in [6, 6.07) is 69.8. The number of nitrogens with zero attached hydrogens (tertiary/aromatic N) is 3. The molecule has 278 valence electrons. The minimum absolute atomic E-state index is 0.0516. The summed E-state index contributed by atoms with van der Waals surface area (Å²) < 4.78 is 21.1. The second kappa shape index (κ2) is 11.8. The van der Waals surface area contributed by atoms with Gasteiger partial charge < -0.3 is 23.2 Å². The molecule has 12 aromatic rings. The number of hydrogen-bond donors (Lipinski definition) is 0. The van der Waals surface area contributed by atoms with E-state index in [4.69, 9.17) is 9.47 Å². The summed E-state index contributed by atoms with van der Waals surface area (Å²) in [5, 5.41) is 7.35. The lowest BCUT2D eigenvalue weighted by Gasteiger charge is -2.33. The molecule has 14 rings (SSSR count). The van der Waals surface area contributed by atoms with Crippen LogP contribution in [0.5, 0.6) is 23.0 Å². The van der Waals surface area contributed by atoms with E-state index in [0.717, 1.165) is 78.5 Å². The normalized spacial score (nSPS) is 12.9. The van der Waals surface area contributed by atoms with Crippen molar-refractivity contribution in [3.63, 3.8) is 0 Å². The average molecular weight is 766 g/mol.